The molecule has 0 saturated heterocycles. The summed E-state index contributed by atoms with van der Waals surface area (Å²) in [6.07, 6.45) is 8.78. The highest BCUT2D eigenvalue weighted by atomic mass is 16.5. The molecule has 3 aromatic carbocycles. The van der Waals surface area contributed by atoms with E-state index < -0.39 is 5.54 Å². The standard InChI is InChI=1S/C30H35N3O2/c1-4-5-19-33(24-32-20-18-31-23-32)30(26-14-10-7-11-15-26,22-25-12-8-6-9-13-25)27-16-17-28(34-2)29(21-27)35-3/h6-18,20-21,23H,4-5,19,22,24H2,1-3H3. The van der Waals surface area contributed by atoms with Gasteiger partial charge in [0, 0.05) is 18.9 Å². The van der Waals surface area contributed by atoms with Crippen molar-refractivity contribution in [2.75, 3.05) is 20.8 Å². The monoisotopic (exact) mass is 469 g/mol. The molecular weight excluding hydrogens is 434 g/mol. The Labute approximate surface area is 209 Å². The Morgan fingerprint density at radius 3 is 2.20 bits per heavy atom. The topological polar surface area (TPSA) is 39.5 Å². The molecule has 0 spiro atoms. The molecule has 1 unspecified atom stereocenters. The molecule has 35 heavy (non-hydrogen) atoms. The van der Waals surface area contributed by atoms with Gasteiger partial charge in [-0.05, 0) is 41.7 Å². The average Bonchev–Trinajstić information content (AvgIpc) is 3.44. The van der Waals surface area contributed by atoms with E-state index in [4.69, 9.17) is 9.47 Å². The minimum atomic E-state index is -0.443. The van der Waals surface area contributed by atoms with Gasteiger partial charge in [-0.1, -0.05) is 80.1 Å². The molecular formula is C30H35N3O2. The van der Waals surface area contributed by atoms with Gasteiger partial charge in [-0.3, -0.25) is 4.90 Å². The van der Waals surface area contributed by atoms with Crippen LogP contribution in [0.25, 0.3) is 0 Å². The molecule has 0 aliphatic heterocycles. The fraction of sp³-hybridized carbons (Fsp3) is 0.300. The Balaban J connectivity index is 1.98. The summed E-state index contributed by atoms with van der Waals surface area (Å²) < 4.78 is 13.5. The summed E-state index contributed by atoms with van der Waals surface area (Å²) in [4.78, 5) is 6.90. The molecule has 1 atom stereocenters. The summed E-state index contributed by atoms with van der Waals surface area (Å²) in [7, 11) is 3.38. The molecule has 4 rings (SSSR count). The number of unbranched alkanes of at least 4 members (excludes halogenated alkanes) is 1. The highest BCUT2D eigenvalue weighted by molar-refractivity contribution is 5.49. The Bertz CT molecular complexity index is 1160. The van der Waals surface area contributed by atoms with Gasteiger partial charge in [0.25, 0.3) is 0 Å². The van der Waals surface area contributed by atoms with Crippen LogP contribution in [-0.2, 0) is 18.6 Å². The predicted octanol–water partition coefficient (Wildman–Crippen LogP) is 6.15. The van der Waals surface area contributed by atoms with Gasteiger partial charge >= 0.3 is 0 Å². The van der Waals surface area contributed by atoms with E-state index >= 15 is 0 Å². The number of ether oxygens (including phenoxy) is 2. The van der Waals surface area contributed by atoms with E-state index in [9.17, 15) is 0 Å². The summed E-state index contributed by atoms with van der Waals surface area (Å²) in [5, 5.41) is 0. The first kappa shape index (κ1) is 24.6. The van der Waals surface area contributed by atoms with Gasteiger partial charge < -0.3 is 14.0 Å². The molecule has 0 saturated carbocycles. The number of imidazole rings is 1. The summed E-state index contributed by atoms with van der Waals surface area (Å²) in [5.74, 6) is 1.46. The van der Waals surface area contributed by atoms with Crippen molar-refractivity contribution in [1.82, 2.24) is 14.5 Å². The largest absolute Gasteiger partial charge is 0.493 e. The van der Waals surface area contributed by atoms with Gasteiger partial charge in [0.1, 0.15) is 0 Å². The number of nitrogens with zero attached hydrogens (tertiary/aromatic N) is 3. The third kappa shape index (κ3) is 5.41. The number of hydrogen-bond donors (Lipinski definition) is 0. The van der Waals surface area contributed by atoms with Crippen LogP contribution in [0.2, 0.25) is 0 Å². The van der Waals surface area contributed by atoms with Crippen LogP contribution in [0.1, 0.15) is 36.5 Å². The van der Waals surface area contributed by atoms with Gasteiger partial charge in [0.2, 0.25) is 0 Å². The Morgan fingerprint density at radius 2 is 1.57 bits per heavy atom. The summed E-state index contributed by atoms with van der Waals surface area (Å²) >= 11 is 0. The maximum Gasteiger partial charge on any atom is 0.161 e. The Hall–Kier alpha value is -3.57. The van der Waals surface area contributed by atoms with Gasteiger partial charge in [-0.15, -0.1) is 0 Å². The molecule has 182 valence electrons. The Morgan fingerprint density at radius 1 is 0.857 bits per heavy atom. The summed E-state index contributed by atoms with van der Waals surface area (Å²) in [6, 6.07) is 27.9. The van der Waals surface area contributed by atoms with E-state index in [1.54, 1.807) is 14.2 Å². The first-order valence-electron chi connectivity index (χ1n) is 12.2. The minimum absolute atomic E-state index is 0.443. The molecule has 0 aliphatic carbocycles. The van der Waals surface area contributed by atoms with Crippen molar-refractivity contribution in [2.45, 2.75) is 38.4 Å². The first-order valence-corrected chi connectivity index (χ1v) is 12.2. The van der Waals surface area contributed by atoms with E-state index in [-0.39, 0.29) is 0 Å². The predicted molar refractivity (Wildman–Crippen MR) is 141 cm³/mol. The molecule has 4 aromatic rings. The van der Waals surface area contributed by atoms with Crippen LogP contribution < -0.4 is 9.47 Å². The number of aromatic nitrogens is 2. The maximum absolute atomic E-state index is 5.77. The number of methoxy groups -OCH3 is 2. The van der Waals surface area contributed by atoms with Gasteiger partial charge in [-0.2, -0.15) is 0 Å². The highest BCUT2D eigenvalue weighted by Gasteiger charge is 2.41. The molecule has 5 nitrogen and oxygen atoms in total. The Kier molecular flexibility index (Phi) is 8.22. The van der Waals surface area contributed by atoms with Crippen LogP contribution in [0.4, 0.5) is 0 Å². The van der Waals surface area contributed by atoms with Crippen LogP contribution in [0, 0.1) is 0 Å². The zero-order valence-electron chi connectivity index (χ0n) is 20.9. The van der Waals surface area contributed by atoms with E-state index in [0.29, 0.717) is 0 Å². The van der Waals surface area contributed by atoms with Crippen molar-refractivity contribution < 1.29 is 9.47 Å². The zero-order valence-corrected chi connectivity index (χ0v) is 20.9. The van der Waals surface area contributed by atoms with Crippen molar-refractivity contribution in [2.24, 2.45) is 0 Å². The third-order valence-corrected chi connectivity index (χ3v) is 6.63. The van der Waals surface area contributed by atoms with Crippen molar-refractivity contribution >= 4 is 0 Å². The fourth-order valence-electron chi connectivity index (χ4n) is 4.85. The molecule has 0 amide bonds. The van der Waals surface area contributed by atoms with E-state index in [2.05, 4.69) is 94.2 Å². The lowest BCUT2D eigenvalue weighted by atomic mass is 9.76. The normalized spacial score (nSPS) is 12.9. The maximum atomic E-state index is 5.77. The second-order valence-electron chi connectivity index (χ2n) is 8.79. The van der Waals surface area contributed by atoms with Crippen LogP contribution in [0.15, 0.2) is 97.6 Å². The van der Waals surface area contributed by atoms with Crippen molar-refractivity contribution in [3.63, 3.8) is 0 Å². The molecule has 1 heterocycles. The average molecular weight is 470 g/mol. The van der Waals surface area contributed by atoms with Gasteiger partial charge in [-0.25, -0.2) is 4.98 Å². The summed E-state index contributed by atoms with van der Waals surface area (Å²) in [5.41, 5.74) is 3.24. The molecule has 5 heteroatoms. The lowest BCUT2D eigenvalue weighted by Crippen LogP contribution is -2.50. The molecule has 0 radical (unpaired) electrons. The SMILES string of the molecule is CCCCN(Cn1ccnc1)C(Cc1ccccc1)(c1ccccc1)c1ccc(OC)c(OC)c1. The van der Waals surface area contributed by atoms with Crippen molar-refractivity contribution in [1.29, 1.82) is 0 Å². The van der Waals surface area contributed by atoms with Crippen LogP contribution >= 0.6 is 0 Å². The number of hydrogen-bond acceptors (Lipinski definition) is 4. The fourth-order valence-corrected chi connectivity index (χ4v) is 4.85. The van der Waals surface area contributed by atoms with Crippen LogP contribution in [0.5, 0.6) is 11.5 Å². The third-order valence-electron chi connectivity index (χ3n) is 6.63. The first-order chi connectivity index (χ1) is 17.2. The zero-order chi connectivity index (χ0) is 24.5. The molecule has 0 aliphatic rings. The highest BCUT2D eigenvalue weighted by Crippen LogP contribution is 2.43. The summed E-state index contributed by atoms with van der Waals surface area (Å²) in [6.45, 7) is 3.90. The molecule has 0 N–H and O–H groups in total. The number of benzene rings is 3. The van der Waals surface area contributed by atoms with Crippen molar-refractivity contribution in [3.05, 3.63) is 114 Å². The number of rotatable bonds is 12. The van der Waals surface area contributed by atoms with E-state index in [1.165, 1.54) is 16.7 Å². The van der Waals surface area contributed by atoms with E-state index in [0.717, 1.165) is 44.0 Å². The lowest BCUT2D eigenvalue weighted by Gasteiger charge is -2.46. The molecule has 1 aromatic heterocycles. The quantitative estimate of drug-likeness (QED) is 0.250. The van der Waals surface area contributed by atoms with Crippen LogP contribution in [0.3, 0.4) is 0 Å². The molecule has 0 fully saturated rings. The van der Waals surface area contributed by atoms with Gasteiger partial charge in [0.15, 0.2) is 11.5 Å². The lowest BCUT2D eigenvalue weighted by molar-refractivity contribution is 0.0811. The van der Waals surface area contributed by atoms with Crippen molar-refractivity contribution in [3.8, 4) is 11.5 Å². The second-order valence-corrected chi connectivity index (χ2v) is 8.79. The van der Waals surface area contributed by atoms with Crippen LogP contribution in [-0.4, -0.2) is 35.2 Å². The minimum Gasteiger partial charge on any atom is -0.493 e. The van der Waals surface area contributed by atoms with Gasteiger partial charge in [0.05, 0.1) is 32.8 Å². The van der Waals surface area contributed by atoms with E-state index in [1.807, 2.05) is 24.8 Å². The smallest absolute Gasteiger partial charge is 0.161 e. The second kappa shape index (κ2) is 11.7. The molecule has 0 bridgehead atoms.